The molecule has 1 heterocycles. The number of amides is 1. The Morgan fingerprint density at radius 3 is 2.91 bits per heavy atom. The standard InChI is InChI=1S/C17H23NO5/c1-13-5-2-3-6-15(13)23-9-4-7-16(19)18-8-10-22-14(12-18)11-17(20)21/h2-3,5-6,14H,4,7-12H2,1H3,(H,20,21). The van der Waals surface area contributed by atoms with Crippen molar-refractivity contribution in [2.45, 2.75) is 32.3 Å². The fourth-order valence-corrected chi connectivity index (χ4v) is 2.55. The van der Waals surface area contributed by atoms with E-state index in [-0.39, 0.29) is 12.3 Å². The van der Waals surface area contributed by atoms with E-state index in [1.54, 1.807) is 4.90 Å². The van der Waals surface area contributed by atoms with E-state index in [0.29, 0.717) is 39.1 Å². The van der Waals surface area contributed by atoms with Crippen LogP contribution in [0.4, 0.5) is 0 Å². The summed E-state index contributed by atoms with van der Waals surface area (Å²) in [5.74, 6) is -0.0409. The summed E-state index contributed by atoms with van der Waals surface area (Å²) < 4.78 is 11.0. The third-order valence-corrected chi connectivity index (χ3v) is 3.78. The molecule has 1 amide bonds. The molecule has 0 bridgehead atoms. The number of para-hydroxylation sites is 1. The Hall–Kier alpha value is -2.08. The van der Waals surface area contributed by atoms with Gasteiger partial charge in [-0.3, -0.25) is 9.59 Å². The van der Waals surface area contributed by atoms with Crippen LogP contribution in [-0.2, 0) is 14.3 Å². The zero-order valence-corrected chi connectivity index (χ0v) is 13.4. The van der Waals surface area contributed by atoms with Gasteiger partial charge in [0.2, 0.25) is 5.91 Å². The maximum absolute atomic E-state index is 12.2. The molecule has 6 heteroatoms. The topological polar surface area (TPSA) is 76.1 Å². The molecule has 1 atom stereocenters. The van der Waals surface area contributed by atoms with Gasteiger partial charge in [-0.15, -0.1) is 0 Å². The van der Waals surface area contributed by atoms with Crippen molar-refractivity contribution in [3.63, 3.8) is 0 Å². The van der Waals surface area contributed by atoms with Crippen LogP contribution in [0.15, 0.2) is 24.3 Å². The van der Waals surface area contributed by atoms with Crippen molar-refractivity contribution < 1.29 is 24.2 Å². The van der Waals surface area contributed by atoms with E-state index < -0.39 is 12.1 Å². The third-order valence-electron chi connectivity index (χ3n) is 3.78. The van der Waals surface area contributed by atoms with E-state index in [0.717, 1.165) is 11.3 Å². The van der Waals surface area contributed by atoms with Gasteiger partial charge in [-0.05, 0) is 25.0 Å². The Balaban J connectivity index is 1.70. The minimum atomic E-state index is -0.907. The van der Waals surface area contributed by atoms with Crippen LogP contribution in [0.1, 0.15) is 24.8 Å². The molecule has 1 aromatic carbocycles. The predicted octanol–water partition coefficient (Wildman–Crippen LogP) is 1.86. The normalized spacial score (nSPS) is 17.8. The minimum absolute atomic E-state index is 0.0251. The second kappa shape index (κ2) is 8.53. The number of carbonyl (C=O) groups is 2. The smallest absolute Gasteiger partial charge is 0.306 e. The molecule has 0 radical (unpaired) electrons. The fourth-order valence-electron chi connectivity index (χ4n) is 2.55. The lowest BCUT2D eigenvalue weighted by atomic mass is 10.2. The molecular weight excluding hydrogens is 298 g/mol. The van der Waals surface area contributed by atoms with Gasteiger partial charge >= 0.3 is 5.97 Å². The fraction of sp³-hybridized carbons (Fsp3) is 0.529. The molecule has 1 aromatic rings. The van der Waals surface area contributed by atoms with E-state index in [9.17, 15) is 9.59 Å². The summed E-state index contributed by atoms with van der Waals surface area (Å²) in [6, 6.07) is 7.77. The highest BCUT2D eigenvalue weighted by Crippen LogP contribution is 2.17. The van der Waals surface area contributed by atoms with Crippen molar-refractivity contribution in [1.29, 1.82) is 0 Å². The molecular formula is C17H23NO5. The van der Waals surface area contributed by atoms with E-state index in [4.69, 9.17) is 14.6 Å². The molecule has 1 saturated heterocycles. The first-order valence-electron chi connectivity index (χ1n) is 7.86. The number of rotatable bonds is 7. The Bertz CT molecular complexity index is 546. The highest BCUT2D eigenvalue weighted by molar-refractivity contribution is 5.76. The van der Waals surface area contributed by atoms with Gasteiger partial charge in [0.1, 0.15) is 5.75 Å². The zero-order chi connectivity index (χ0) is 16.7. The average molecular weight is 321 g/mol. The number of carboxylic acids is 1. The van der Waals surface area contributed by atoms with Crippen molar-refractivity contribution in [1.82, 2.24) is 4.90 Å². The Kier molecular flexibility index (Phi) is 6.40. The van der Waals surface area contributed by atoms with Crippen molar-refractivity contribution in [2.24, 2.45) is 0 Å². The monoisotopic (exact) mass is 321 g/mol. The number of ether oxygens (including phenoxy) is 2. The Morgan fingerprint density at radius 1 is 1.39 bits per heavy atom. The summed E-state index contributed by atoms with van der Waals surface area (Å²) in [7, 11) is 0. The number of hydrogen-bond donors (Lipinski definition) is 1. The molecule has 1 unspecified atom stereocenters. The van der Waals surface area contributed by atoms with Crippen molar-refractivity contribution >= 4 is 11.9 Å². The van der Waals surface area contributed by atoms with E-state index >= 15 is 0 Å². The first-order valence-corrected chi connectivity index (χ1v) is 7.86. The number of morpholine rings is 1. The number of carboxylic acid groups (broad SMARTS) is 1. The van der Waals surface area contributed by atoms with Crippen LogP contribution in [0.2, 0.25) is 0 Å². The molecule has 0 aliphatic carbocycles. The average Bonchev–Trinajstić information content (AvgIpc) is 2.52. The van der Waals surface area contributed by atoms with Crippen molar-refractivity contribution in [3.05, 3.63) is 29.8 Å². The van der Waals surface area contributed by atoms with Gasteiger partial charge in [0.15, 0.2) is 0 Å². The maximum atomic E-state index is 12.2. The van der Waals surface area contributed by atoms with E-state index in [1.165, 1.54) is 0 Å². The lowest BCUT2D eigenvalue weighted by Crippen LogP contribution is -2.46. The van der Waals surface area contributed by atoms with Gasteiger partial charge in [-0.25, -0.2) is 0 Å². The summed E-state index contributed by atoms with van der Waals surface area (Å²) in [6.45, 7) is 3.73. The third kappa shape index (κ3) is 5.56. The molecule has 0 spiro atoms. The first-order chi connectivity index (χ1) is 11.1. The SMILES string of the molecule is Cc1ccccc1OCCCC(=O)N1CCOC(CC(=O)O)C1. The largest absolute Gasteiger partial charge is 0.493 e. The number of aryl methyl sites for hydroxylation is 1. The molecule has 2 rings (SSSR count). The lowest BCUT2D eigenvalue weighted by molar-refractivity contribution is -0.147. The number of nitrogens with zero attached hydrogens (tertiary/aromatic N) is 1. The number of benzene rings is 1. The molecule has 126 valence electrons. The van der Waals surface area contributed by atoms with Crippen molar-refractivity contribution in [3.8, 4) is 5.75 Å². The van der Waals surface area contributed by atoms with Crippen molar-refractivity contribution in [2.75, 3.05) is 26.3 Å². The summed E-state index contributed by atoms with van der Waals surface area (Å²) >= 11 is 0. The summed E-state index contributed by atoms with van der Waals surface area (Å²) in [4.78, 5) is 24.6. The number of carbonyl (C=O) groups excluding carboxylic acids is 1. The number of aliphatic carboxylic acids is 1. The predicted molar refractivity (Wildman–Crippen MR) is 84.5 cm³/mol. The van der Waals surface area contributed by atoms with Gasteiger partial charge in [-0.2, -0.15) is 0 Å². The van der Waals surface area contributed by atoms with Gasteiger partial charge in [0, 0.05) is 19.5 Å². The van der Waals surface area contributed by atoms with Gasteiger partial charge in [0.05, 0.1) is 25.7 Å². The van der Waals surface area contributed by atoms with E-state index in [2.05, 4.69) is 0 Å². The first kappa shape index (κ1) is 17.3. The van der Waals surface area contributed by atoms with Crippen LogP contribution in [0.25, 0.3) is 0 Å². The van der Waals surface area contributed by atoms with Crippen LogP contribution in [0.5, 0.6) is 5.75 Å². The van der Waals surface area contributed by atoms with E-state index in [1.807, 2.05) is 31.2 Å². The van der Waals surface area contributed by atoms with Gasteiger partial charge in [0.25, 0.3) is 0 Å². The van der Waals surface area contributed by atoms with Crippen LogP contribution in [0.3, 0.4) is 0 Å². The van der Waals surface area contributed by atoms with Gasteiger partial charge in [-0.1, -0.05) is 18.2 Å². The zero-order valence-electron chi connectivity index (χ0n) is 13.4. The second-order valence-electron chi connectivity index (χ2n) is 5.65. The Labute approximate surface area is 136 Å². The lowest BCUT2D eigenvalue weighted by Gasteiger charge is -2.32. The molecule has 6 nitrogen and oxygen atoms in total. The molecule has 1 aliphatic heterocycles. The second-order valence-corrected chi connectivity index (χ2v) is 5.65. The molecule has 1 aliphatic rings. The summed E-state index contributed by atoms with van der Waals surface area (Å²) in [5, 5.41) is 8.79. The van der Waals surface area contributed by atoms with Crippen LogP contribution >= 0.6 is 0 Å². The Morgan fingerprint density at radius 2 is 2.17 bits per heavy atom. The van der Waals surface area contributed by atoms with Crippen LogP contribution in [-0.4, -0.2) is 54.3 Å². The quantitative estimate of drug-likeness (QED) is 0.776. The highest BCUT2D eigenvalue weighted by atomic mass is 16.5. The highest BCUT2D eigenvalue weighted by Gasteiger charge is 2.25. The summed E-state index contributed by atoms with van der Waals surface area (Å²) in [5.41, 5.74) is 1.07. The molecule has 1 N–H and O–H groups in total. The molecule has 1 fully saturated rings. The molecule has 0 saturated carbocycles. The molecule has 0 aromatic heterocycles. The molecule has 23 heavy (non-hydrogen) atoms. The summed E-state index contributed by atoms with van der Waals surface area (Å²) in [6.07, 6.45) is 0.549. The maximum Gasteiger partial charge on any atom is 0.306 e. The van der Waals surface area contributed by atoms with Crippen LogP contribution < -0.4 is 4.74 Å². The number of hydrogen-bond acceptors (Lipinski definition) is 4. The minimum Gasteiger partial charge on any atom is -0.493 e. The van der Waals surface area contributed by atoms with Crippen LogP contribution in [0, 0.1) is 6.92 Å². The van der Waals surface area contributed by atoms with Gasteiger partial charge < -0.3 is 19.5 Å².